The Morgan fingerprint density at radius 1 is 0.672 bits per heavy atom. The zero-order valence-corrected chi connectivity index (χ0v) is 37.4. The van der Waals surface area contributed by atoms with E-state index >= 15 is 0 Å². The van der Waals surface area contributed by atoms with Gasteiger partial charge in [-0.2, -0.15) is 0 Å². The number of nitrogens with zero attached hydrogens (tertiary/aromatic N) is 4. The molecule has 11 nitrogen and oxygen atoms in total. The van der Waals surface area contributed by atoms with Crippen molar-refractivity contribution in [2.24, 2.45) is 0 Å². The number of amides is 2. The number of aryl methyl sites for hydroxylation is 1. The Morgan fingerprint density at radius 3 is 1.85 bits per heavy atom. The van der Waals surface area contributed by atoms with Gasteiger partial charge in [0.05, 0.1) is 6.04 Å². The summed E-state index contributed by atoms with van der Waals surface area (Å²) in [6.45, 7) is 3.65. The van der Waals surface area contributed by atoms with E-state index in [-0.39, 0.29) is 24.7 Å². The van der Waals surface area contributed by atoms with Crippen LogP contribution in [0.4, 0.5) is 10.5 Å². The average molecular weight is 886 g/mol. The van der Waals surface area contributed by atoms with Gasteiger partial charge in [-0.1, -0.05) is 188 Å². The SMILES string of the molecule is CC(C)(CC(=O)N[C@@H]1CCc2ccccc2NC1C(=O)c1ccc(-c2ccccc2-c2nnnn2C(c2ccccc2)(c2ccccc2)c2ccccc2)cc1)NC(=O)OCc1ccccc1. The van der Waals surface area contributed by atoms with Gasteiger partial charge in [-0.15, -0.1) is 5.10 Å². The summed E-state index contributed by atoms with van der Waals surface area (Å²) in [6, 6.07) is 62.4. The summed E-state index contributed by atoms with van der Waals surface area (Å²) in [7, 11) is 0. The Labute approximate surface area is 390 Å². The van der Waals surface area contributed by atoms with E-state index in [1.165, 1.54) is 0 Å². The fourth-order valence-electron chi connectivity index (χ4n) is 9.18. The van der Waals surface area contributed by atoms with Gasteiger partial charge in [0, 0.05) is 28.8 Å². The number of hydrogen-bond acceptors (Lipinski definition) is 8. The van der Waals surface area contributed by atoms with Crippen LogP contribution in [0.2, 0.25) is 0 Å². The van der Waals surface area contributed by atoms with Crippen LogP contribution in [0.3, 0.4) is 0 Å². The van der Waals surface area contributed by atoms with Crippen molar-refractivity contribution in [3.05, 3.63) is 228 Å². The quantitative estimate of drug-likeness (QED) is 0.0725. The van der Waals surface area contributed by atoms with Crippen molar-refractivity contribution in [2.45, 2.75) is 62.9 Å². The van der Waals surface area contributed by atoms with Crippen LogP contribution in [0.5, 0.6) is 0 Å². The molecule has 1 unspecified atom stereocenters. The molecule has 1 aliphatic rings. The number of alkyl carbamates (subject to hydrolysis) is 1. The summed E-state index contributed by atoms with van der Waals surface area (Å²) >= 11 is 0. The summed E-state index contributed by atoms with van der Waals surface area (Å²) in [5, 5.41) is 23.3. The van der Waals surface area contributed by atoms with Gasteiger partial charge < -0.3 is 20.7 Å². The van der Waals surface area contributed by atoms with E-state index < -0.39 is 29.3 Å². The summed E-state index contributed by atoms with van der Waals surface area (Å²) in [5.74, 6) is 0.106. The molecule has 0 saturated heterocycles. The van der Waals surface area contributed by atoms with Crippen LogP contribution in [-0.4, -0.2) is 55.6 Å². The maximum absolute atomic E-state index is 14.7. The number of aromatic nitrogens is 4. The average Bonchev–Trinajstić information content (AvgIpc) is 3.78. The lowest BCUT2D eigenvalue weighted by Crippen LogP contribution is -2.53. The van der Waals surface area contributed by atoms with Crippen molar-refractivity contribution in [1.82, 2.24) is 30.8 Å². The Balaban J connectivity index is 0.995. The molecule has 2 heterocycles. The number of hydrogen-bond donors (Lipinski definition) is 3. The van der Waals surface area contributed by atoms with E-state index in [0.717, 1.165) is 50.2 Å². The molecule has 0 bridgehead atoms. The van der Waals surface area contributed by atoms with Crippen LogP contribution in [0.15, 0.2) is 194 Å². The lowest BCUT2D eigenvalue weighted by atomic mass is 9.77. The molecule has 334 valence electrons. The van der Waals surface area contributed by atoms with Crippen LogP contribution in [-0.2, 0) is 28.1 Å². The van der Waals surface area contributed by atoms with Gasteiger partial charge >= 0.3 is 6.09 Å². The van der Waals surface area contributed by atoms with E-state index in [2.05, 4.69) is 57.6 Å². The molecule has 0 radical (unpaired) electrons. The third-order valence-electron chi connectivity index (χ3n) is 12.4. The summed E-state index contributed by atoms with van der Waals surface area (Å²) in [4.78, 5) is 41.2. The minimum atomic E-state index is -0.942. The number of fused-ring (bicyclic) bond motifs is 1. The molecular formula is C56H51N7O4. The van der Waals surface area contributed by atoms with E-state index in [0.29, 0.717) is 24.2 Å². The van der Waals surface area contributed by atoms with Crippen LogP contribution < -0.4 is 16.0 Å². The molecule has 0 spiro atoms. The molecule has 8 aromatic rings. The lowest BCUT2D eigenvalue weighted by molar-refractivity contribution is -0.123. The molecule has 9 rings (SSSR count). The standard InChI is InChI=1S/C56H51N7O4/c1-55(2,59-54(66)67-38-39-19-7-3-8-20-39)37-50(64)57-49-36-35-41-21-15-18-30-48(41)58-51(49)52(65)42-33-31-40(32-34-42)46-28-16-17-29-47(46)53-60-61-62-63(53)56(43-22-9-4-10-23-43,44-24-11-5-12-25-44)45-26-13-6-14-27-45/h3-34,49,51,58H,35-38H2,1-2H3,(H,57,64)(H,59,66)/t49-,51?/m1/s1. The highest BCUT2D eigenvalue weighted by atomic mass is 16.5. The van der Waals surface area contributed by atoms with Gasteiger partial charge in [-0.25, -0.2) is 9.48 Å². The molecule has 11 heteroatoms. The minimum absolute atomic E-state index is 0.0294. The monoisotopic (exact) mass is 885 g/mol. The van der Waals surface area contributed by atoms with Crippen molar-refractivity contribution in [3.8, 4) is 22.5 Å². The fourth-order valence-corrected chi connectivity index (χ4v) is 9.18. The van der Waals surface area contributed by atoms with Crippen LogP contribution in [0.1, 0.15) is 64.9 Å². The van der Waals surface area contributed by atoms with Gasteiger partial charge in [0.2, 0.25) is 5.91 Å². The summed E-state index contributed by atoms with van der Waals surface area (Å²) in [5.41, 5.74) is 6.92. The summed E-state index contributed by atoms with van der Waals surface area (Å²) < 4.78 is 7.35. The topological polar surface area (TPSA) is 140 Å². The number of ether oxygens (including phenoxy) is 1. The highest BCUT2D eigenvalue weighted by Crippen LogP contribution is 2.43. The normalized spacial score (nSPS) is 14.7. The predicted octanol–water partition coefficient (Wildman–Crippen LogP) is 10.0. The number of benzene rings is 7. The van der Waals surface area contributed by atoms with Crippen LogP contribution in [0, 0.1) is 0 Å². The number of carbonyl (C=O) groups is 3. The third-order valence-corrected chi connectivity index (χ3v) is 12.4. The largest absolute Gasteiger partial charge is 0.445 e. The number of ketones is 1. The number of rotatable bonds is 14. The van der Waals surface area contributed by atoms with Crippen molar-refractivity contribution in [2.75, 3.05) is 5.32 Å². The molecule has 2 amide bonds. The molecule has 67 heavy (non-hydrogen) atoms. The maximum Gasteiger partial charge on any atom is 0.407 e. The second-order valence-corrected chi connectivity index (χ2v) is 17.4. The second-order valence-electron chi connectivity index (χ2n) is 17.4. The highest BCUT2D eigenvalue weighted by Gasteiger charge is 2.42. The Bertz CT molecular complexity index is 2860. The molecule has 1 aromatic heterocycles. The number of anilines is 1. The van der Waals surface area contributed by atoms with Crippen molar-refractivity contribution < 1.29 is 19.1 Å². The van der Waals surface area contributed by atoms with Gasteiger partial charge in [-0.3, -0.25) is 9.59 Å². The van der Waals surface area contributed by atoms with Crippen LogP contribution in [0.25, 0.3) is 22.5 Å². The minimum Gasteiger partial charge on any atom is -0.445 e. The maximum atomic E-state index is 14.7. The summed E-state index contributed by atoms with van der Waals surface area (Å²) in [6.07, 6.45) is 0.528. The van der Waals surface area contributed by atoms with E-state index in [9.17, 15) is 14.4 Å². The molecule has 0 aliphatic carbocycles. The zero-order valence-electron chi connectivity index (χ0n) is 37.4. The first-order valence-corrected chi connectivity index (χ1v) is 22.5. The molecular weight excluding hydrogens is 835 g/mol. The number of tetrazole rings is 1. The van der Waals surface area contributed by atoms with Gasteiger partial charge in [0.15, 0.2) is 11.6 Å². The molecule has 0 fully saturated rings. The van der Waals surface area contributed by atoms with Gasteiger partial charge in [0.25, 0.3) is 0 Å². The molecule has 2 atom stereocenters. The van der Waals surface area contributed by atoms with Crippen molar-refractivity contribution >= 4 is 23.5 Å². The van der Waals surface area contributed by atoms with Gasteiger partial charge in [-0.05, 0) is 82.1 Å². The number of carbonyl (C=O) groups excluding carboxylic acids is 3. The van der Waals surface area contributed by atoms with E-state index in [1.54, 1.807) is 13.8 Å². The smallest absolute Gasteiger partial charge is 0.407 e. The van der Waals surface area contributed by atoms with Gasteiger partial charge in [0.1, 0.15) is 18.2 Å². The predicted molar refractivity (Wildman–Crippen MR) is 260 cm³/mol. The first kappa shape index (κ1) is 44.0. The molecule has 3 N–H and O–H groups in total. The molecule has 1 aliphatic heterocycles. The van der Waals surface area contributed by atoms with Crippen molar-refractivity contribution in [3.63, 3.8) is 0 Å². The first-order valence-electron chi connectivity index (χ1n) is 22.5. The Kier molecular flexibility index (Phi) is 12.8. The number of Topliss-reactive ketones (excluding diaryl/α,β-unsaturated/α-hetero) is 1. The highest BCUT2D eigenvalue weighted by molar-refractivity contribution is 6.03. The Hall–Kier alpha value is -8.18. The second kappa shape index (κ2) is 19.5. The molecule has 7 aromatic carbocycles. The third kappa shape index (κ3) is 9.48. The number of para-hydroxylation sites is 1. The van der Waals surface area contributed by atoms with Crippen LogP contribution >= 0.6 is 0 Å². The van der Waals surface area contributed by atoms with E-state index in [1.807, 2.05) is 162 Å². The number of nitrogens with one attached hydrogen (secondary N) is 3. The van der Waals surface area contributed by atoms with Crippen molar-refractivity contribution in [1.29, 1.82) is 0 Å². The van der Waals surface area contributed by atoms with E-state index in [4.69, 9.17) is 15.0 Å². The lowest BCUT2D eigenvalue weighted by Gasteiger charge is -2.36. The Morgan fingerprint density at radius 2 is 1.22 bits per heavy atom. The molecule has 0 saturated carbocycles. The fraction of sp³-hybridized carbons (Fsp3) is 0.179. The first-order chi connectivity index (χ1) is 32.7. The zero-order chi connectivity index (χ0) is 46.2.